The average molecular weight is 273 g/mol. The molecule has 1 unspecified atom stereocenters. The Hall–Kier alpha value is -0.870. The highest BCUT2D eigenvalue weighted by molar-refractivity contribution is 9.10. The third-order valence-corrected chi connectivity index (χ3v) is 3.61. The first-order chi connectivity index (χ1) is 6.93. The van der Waals surface area contributed by atoms with E-state index < -0.39 is 12.1 Å². The summed E-state index contributed by atoms with van der Waals surface area (Å²) < 4.78 is 0.970. The molecule has 0 spiro atoms. The highest BCUT2D eigenvalue weighted by Crippen LogP contribution is 2.24. The lowest BCUT2D eigenvalue weighted by Gasteiger charge is -2.11. The fourth-order valence-corrected chi connectivity index (χ4v) is 1.76. The molecule has 0 fully saturated rings. The second kappa shape index (κ2) is 4.77. The predicted octanol–water partition coefficient (Wildman–Crippen LogP) is 2.05. The molecule has 0 aliphatic rings. The maximum Gasteiger partial charge on any atom is 0.332 e. The summed E-state index contributed by atoms with van der Waals surface area (Å²) in [5, 5.41) is 17.8. The Morgan fingerprint density at radius 2 is 2.07 bits per heavy atom. The van der Waals surface area contributed by atoms with Crippen molar-refractivity contribution in [3.05, 3.63) is 33.3 Å². The zero-order valence-corrected chi connectivity index (χ0v) is 10.2. The van der Waals surface area contributed by atoms with Crippen molar-refractivity contribution < 1.29 is 15.0 Å². The van der Waals surface area contributed by atoms with Crippen molar-refractivity contribution in [2.24, 2.45) is 0 Å². The first-order valence-electron chi connectivity index (χ1n) is 4.59. The van der Waals surface area contributed by atoms with E-state index in [-0.39, 0.29) is 6.42 Å². The second-order valence-electron chi connectivity index (χ2n) is 3.54. The average Bonchev–Trinajstić information content (AvgIpc) is 2.18. The van der Waals surface area contributed by atoms with Crippen LogP contribution >= 0.6 is 15.9 Å². The van der Waals surface area contributed by atoms with Gasteiger partial charge in [-0.25, -0.2) is 4.79 Å². The highest BCUT2D eigenvalue weighted by atomic mass is 79.9. The minimum Gasteiger partial charge on any atom is -0.479 e. The van der Waals surface area contributed by atoms with Crippen LogP contribution in [0.25, 0.3) is 0 Å². The summed E-state index contributed by atoms with van der Waals surface area (Å²) >= 11 is 3.43. The van der Waals surface area contributed by atoms with Gasteiger partial charge < -0.3 is 10.2 Å². The summed E-state index contributed by atoms with van der Waals surface area (Å²) in [5.41, 5.74) is 2.93. The van der Waals surface area contributed by atoms with Crippen LogP contribution in [0.5, 0.6) is 0 Å². The Kier molecular flexibility index (Phi) is 3.88. The van der Waals surface area contributed by atoms with E-state index >= 15 is 0 Å². The molecular formula is C11H13BrO3. The summed E-state index contributed by atoms with van der Waals surface area (Å²) in [6.45, 7) is 3.87. The van der Waals surface area contributed by atoms with E-state index in [9.17, 15) is 9.90 Å². The first-order valence-corrected chi connectivity index (χ1v) is 5.38. The molecule has 0 heterocycles. The number of aryl methyl sites for hydroxylation is 1. The van der Waals surface area contributed by atoms with Crippen LogP contribution in [0.3, 0.4) is 0 Å². The highest BCUT2D eigenvalue weighted by Gasteiger charge is 2.16. The van der Waals surface area contributed by atoms with Gasteiger partial charge in [-0.3, -0.25) is 0 Å². The third kappa shape index (κ3) is 2.79. The van der Waals surface area contributed by atoms with Gasteiger partial charge >= 0.3 is 5.97 Å². The molecule has 1 rings (SSSR count). The molecule has 1 aromatic rings. The van der Waals surface area contributed by atoms with Crippen LogP contribution < -0.4 is 0 Å². The zero-order chi connectivity index (χ0) is 11.6. The van der Waals surface area contributed by atoms with Crippen molar-refractivity contribution in [2.45, 2.75) is 26.4 Å². The fourth-order valence-electron chi connectivity index (χ4n) is 1.38. The van der Waals surface area contributed by atoms with Crippen LogP contribution in [0.1, 0.15) is 16.7 Å². The Bertz CT molecular complexity index is 388. The predicted molar refractivity (Wildman–Crippen MR) is 61.0 cm³/mol. The molecular weight excluding hydrogens is 260 g/mol. The maximum absolute atomic E-state index is 10.5. The maximum atomic E-state index is 10.5. The zero-order valence-electron chi connectivity index (χ0n) is 8.62. The van der Waals surface area contributed by atoms with Crippen molar-refractivity contribution in [3.63, 3.8) is 0 Å². The molecule has 82 valence electrons. The molecule has 4 heteroatoms. The van der Waals surface area contributed by atoms with E-state index in [1.54, 1.807) is 0 Å². The number of carbonyl (C=O) groups is 1. The molecule has 2 N–H and O–H groups in total. The van der Waals surface area contributed by atoms with Gasteiger partial charge in [0.05, 0.1) is 0 Å². The number of hydrogen-bond donors (Lipinski definition) is 2. The van der Waals surface area contributed by atoms with Gasteiger partial charge in [0, 0.05) is 10.9 Å². The van der Waals surface area contributed by atoms with Crippen LogP contribution in [-0.2, 0) is 11.2 Å². The monoisotopic (exact) mass is 272 g/mol. The Morgan fingerprint density at radius 1 is 1.47 bits per heavy atom. The Labute approximate surface area is 96.9 Å². The van der Waals surface area contributed by atoms with Gasteiger partial charge in [0.25, 0.3) is 0 Å². The number of aliphatic hydroxyl groups is 1. The van der Waals surface area contributed by atoms with Crippen LogP contribution in [0, 0.1) is 13.8 Å². The number of aliphatic carboxylic acids is 1. The minimum atomic E-state index is -1.33. The molecule has 3 nitrogen and oxygen atoms in total. The quantitative estimate of drug-likeness (QED) is 0.886. The van der Waals surface area contributed by atoms with Gasteiger partial charge in [-0.1, -0.05) is 28.1 Å². The molecule has 15 heavy (non-hydrogen) atoms. The van der Waals surface area contributed by atoms with Crippen molar-refractivity contribution in [2.75, 3.05) is 0 Å². The fraction of sp³-hybridized carbons (Fsp3) is 0.364. The van der Waals surface area contributed by atoms with Crippen LogP contribution in [0.4, 0.5) is 0 Å². The van der Waals surface area contributed by atoms with Gasteiger partial charge in [0.15, 0.2) is 6.10 Å². The largest absolute Gasteiger partial charge is 0.479 e. The van der Waals surface area contributed by atoms with Crippen molar-refractivity contribution >= 4 is 21.9 Å². The van der Waals surface area contributed by atoms with Crippen LogP contribution in [0.15, 0.2) is 16.6 Å². The number of carboxylic acids is 1. The smallest absolute Gasteiger partial charge is 0.332 e. The van der Waals surface area contributed by atoms with Gasteiger partial charge in [-0.15, -0.1) is 0 Å². The van der Waals surface area contributed by atoms with Crippen LogP contribution in [-0.4, -0.2) is 22.3 Å². The second-order valence-corrected chi connectivity index (χ2v) is 4.33. The molecule has 0 amide bonds. The van der Waals surface area contributed by atoms with E-state index in [0.717, 1.165) is 21.2 Å². The lowest BCUT2D eigenvalue weighted by Crippen LogP contribution is -2.22. The molecule has 1 atom stereocenters. The summed E-state index contributed by atoms with van der Waals surface area (Å²) in [7, 11) is 0. The standard InChI is InChI=1S/C11H13BrO3/c1-6-3-4-8(7(2)10(6)12)5-9(13)11(14)15/h3-4,9,13H,5H2,1-2H3,(H,14,15). The summed E-state index contributed by atoms with van der Waals surface area (Å²) in [5.74, 6) is -1.19. The first kappa shape index (κ1) is 12.2. The third-order valence-electron chi connectivity index (χ3n) is 2.39. The van der Waals surface area contributed by atoms with Crippen molar-refractivity contribution in [3.8, 4) is 0 Å². The van der Waals surface area contributed by atoms with Gasteiger partial charge in [0.1, 0.15) is 0 Å². The number of carboxylic acid groups (broad SMARTS) is 1. The van der Waals surface area contributed by atoms with E-state index in [1.165, 1.54) is 0 Å². The normalized spacial score (nSPS) is 12.5. The number of benzene rings is 1. The van der Waals surface area contributed by atoms with Gasteiger partial charge in [-0.2, -0.15) is 0 Å². The van der Waals surface area contributed by atoms with Crippen LogP contribution in [0.2, 0.25) is 0 Å². The molecule has 0 saturated heterocycles. The molecule has 0 saturated carbocycles. The topological polar surface area (TPSA) is 57.5 Å². The number of aliphatic hydroxyl groups excluding tert-OH is 1. The van der Waals surface area contributed by atoms with E-state index in [1.807, 2.05) is 26.0 Å². The van der Waals surface area contributed by atoms with Crippen molar-refractivity contribution in [1.82, 2.24) is 0 Å². The molecule has 0 aliphatic carbocycles. The molecule has 0 bridgehead atoms. The SMILES string of the molecule is Cc1ccc(CC(O)C(=O)O)c(C)c1Br. The summed E-state index contributed by atoms with van der Waals surface area (Å²) in [6, 6.07) is 3.75. The molecule has 0 aliphatic heterocycles. The lowest BCUT2D eigenvalue weighted by molar-refractivity contribution is -0.146. The minimum absolute atomic E-state index is 0.139. The van der Waals surface area contributed by atoms with Crippen molar-refractivity contribution in [1.29, 1.82) is 0 Å². The van der Waals surface area contributed by atoms with Gasteiger partial charge in [-0.05, 0) is 30.5 Å². The molecule has 0 aromatic heterocycles. The Balaban J connectivity index is 2.97. The van der Waals surface area contributed by atoms with Gasteiger partial charge in [0.2, 0.25) is 0 Å². The summed E-state index contributed by atoms with van der Waals surface area (Å²) in [4.78, 5) is 10.5. The van der Waals surface area contributed by atoms with E-state index in [0.29, 0.717) is 0 Å². The number of rotatable bonds is 3. The van der Waals surface area contributed by atoms with E-state index in [2.05, 4.69) is 15.9 Å². The number of hydrogen-bond acceptors (Lipinski definition) is 2. The number of halogens is 1. The molecule has 1 aromatic carbocycles. The van der Waals surface area contributed by atoms with E-state index in [4.69, 9.17) is 5.11 Å². The summed E-state index contributed by atoms with van der Waals surface area (Å²) in [6.07, 6.45) is -1.20. The Morgan fingerprint density at radius 3 is 2.60 bits per heavy atom. The molecule has 0 radical (unpaired) electrons. The lowest BCUT2D eigenvalue weighted by atomic mass is 10.0.